The molecule has 4 rings (SSSR count). The maximum Gasteiger partial charge on any atom is 0.287 e. The van der Waals surface area contributed by atoms with Gasteiger partial charge < -0.3 is 14.6 Å². The van der Waals surface area contributed by atoms with E-state index in [9.17, 15) is 9.59 Å². The van der Waals surface area contributed by atoms with Crippen LogP contribution < -0.4 is 5.32 Å². The second-order valence-electron chi connectivity index (χ2n) is 9.15. The predicted molar refractivity (Wildman–Crippen MR) is 112 cm³/mol. The Morgan fingerprint density at radius 3 is 2.41 bits per heavy atom. The fourth-order valence-corrected chi connectivity index (χ4v) is 4.72. The summed E-state index contributed by atoms with van der Waals surface area (Å²) in [7, 11) is 0. The number of hydrogen-bond donors (Lipinski definition) is 1. The normalized spacial score (nSPS) is 23.0. The quantitative estimate of drug-likeness (QED) is 0.858. The van der Waals surface area contributed by atoms with Gasteiger partial charge in [-0.15, -0.1) is 0 Å². The number of hydrogen-bond acceptors (Lipinski definition) is 3. The van der Waals surface area contributed by atoms with Crippen molar-refractivity contribution in [2.24, 2.45) is 0 Å². The fourth-order valence-electron chi connectivity index (χ4n) is 4.72. The van der Waals surface area contributed by atoms with Gasteiger partial charge in [0.1, 0.15) is 5.76 Å². The molecule has 0 spiro atoms. The van der Waals surface area contributed by atoms with Gasteiger partial charge in [-0.25, -0.2) is 0 Å². The van der Waals surface area contributed by atoms with Crippen molar-refractivity contribution in [3.63, 3.8) is 0 Å². The molecule has 0 saturated carbocycles. The molecule has 5 heteroatoms. The molecular weight excluding hydrogens is 364 g/mol. The van der Waals surface area contributed by atoms with Gasteiger partial charge in [-0.05, 0) is 76.1 Å². The first-order valence-corrected chi connectivity index (χ1v) is 10.5. The van der Waals surface area contributed by atoms with E-state index < -0.39 is 5.41 Å². The summed E-state index contributed by atoms with van der Waals surface area (Å²) in [5.41, 5.74) is 2.68. The molecule has 1 aromatic carbocycles. The van der Waals surface area contributed by atoms with Crippen LogP contribution in [0.4, 0.5) is 0 Å². The minimum absolute atomic E-state index is 0.180. The van der Waals surface area contributed by atoms with Gasteiger partial charge in [-0.1, -0.05) is 24.3 Å². The van der Waals surface area contributed by atoms with Crippen LogP contribution in [0.5, 0.6) is 0 Å². The monoisotopic (exact) mass is 394 g/mol. The van der Waals surface area contributed by atoms with Crippen molar-refractivity contribution < 1.29 is 14.0 Å². The van der Waals surface area contributed by atoms with Crippen molar-refractivity contribution in [2.75, 3.05) is 13.1 Å². The molecule has 1 saturated heterocycles. The van der Waals surface area contributed by atoms with Crippen molar-refractivity contribution in [3.05, 3.63) is 58.5 Å². The van der Waals surface area contributed by atoms with Gasteiger partial charge in [-0.3, -0.25) is 9.59 Å². The third-order valence-electron chi connectivity index (χ3n) is 6.94. The Balaban J connectivity index is 1.41. The van der Waals surface area contributed by atoms with E-state index in [0.717, 1.165) is 37.0 Å². The lowest BCUT2D eigenvalue weighted by Crippen LogP contribution is -2.56. The molecule has 0 radical (unpaired) electrons. The van der Waals surface area contributed by atoms with Crippen LogP contribution in [0.3, 0.4) is 0 Å². The van der Waals surface area contributed by atoms with Gasteiger partial charge in [0.2, 0.25) is 5.91 Å². The molecule has 1 atom stereocenters. The number of nitrogens with one attached hydrogen (secondary N) is 1. The summed E-state index contributed by atoms with van der Waals surface area (Å²) in [6.45, 7) is 9.25. The topological polar surface area (TPSA) is 62.6 Å². The van der Waals surface area contributed by atoms with E-state index in [0.29, 0.717) is 18.8 Å². The average molecular weight is 395 g/mol. The third kappa shape index (κ3) is 3.47. The van der Waals surface area contributed by atoms with E-state index >= 15 is 0 Å². The number of carbonyl (C=O) groups excluding carboxylic acids is 2. The molecule has 1 aliphatic heterocycles. The number of amides is 2. The molecule has 2 aromatic rings. The van der Waals surface area contributed by atoms with Crippen LogP contribution in [0.25, 0.3) is 0 Å². The van der Waals surface area contributed by atoms with Crippen LogP contribution >= 0.6 is 0 Å². The highest BCUT2D eigenvalue weighted by atomic mass is 16.3. The average Bonchev–Trinajstić information content (AvgIpc) is 3.23. The molecular formula is C24H30N2O3. The van der Waals surface area contributed by atoms with Gasteiger partial charge in [0.15, 0.2) is 5.76 Å². The molecule has 5 nitrogen and oxygen atoms in total. The standard InChI is InChI=1S/C24H30N2O3/c1-16-15-20(29-17(16)2)21(27)25-23(3)11-13-26(14-12-23)22(28)24(4)10-9-18-7-5-6-8-19(18)24/h5-8,15H,9-14H2,1-4H3,(H,25,27). The second kappa shape index (κ2) is 7.05. The second-order valence-corrected chi connectivity index (χ2v) is 9.15. The number of nitrogens with zero attached hydrogens (tertiary/aromatic N) is 1. The lowest BCUT2D eigenvalue weighted by atomic mass is 9.81. The predicted octanol–water partition coefficient (Wildman–Crippen LogP) is 3.91. The summed E-state index contributed by atoms with van der Waals surface area (Å²) < 4.78 is 5.56. The summed E-state index contributed by atoms with van der Waals surface area (Å²) in [6.07, 6.45) is 3.30. The Bertz CT molecular complexity index is 933. The third-order valence-corrected chi connectivity index (χ3v) is 6.94. The largest absolute Gasteiger partial charge is 0.456 e. The molecule has 2 amide bonds. The summed E-state index contributed by atoms with van der Waals surface area (Å²) >= 11 is 0. The van der Waals surface area contributed by atoms with Crippen LogP contribution in [0.15, 0.2) is 34.7 Å². The van der Waals surface area contributed by atoms with Gasteiger partial charge in [0.05, 0.1) is 5.41 Å². The zero-order valence-corrected chi connectivity index (χ0v) is 17.8. The van der Waals surface area contributed by atoms with Gasteiger partial charge >= 0.3 is 0 Å². The zero-order valence-electron chi connectivity index (χ0n) is 17.8. The van der Waals surface area contributed by atoms with E-state index in [1.54, 1.807) is 6.07 Å². The minimum Gasteiger partial charge on any atom is -0.456 e. The van der Waals surface area contributed by atoms with Crippen molar-refractivity contribution in [1.29, 1.82) is 0 Å². The van der Waals surface area contributed by atoms with E-state index in [1.807, 2.05) is 30.9 Å². The van der Waals surface area contributed by atoms with Crippen molar-refractivity contribution in [2.45, 2.75) is 64.3 Å². The Labute approximate surface area is 172 Å². The van der Waals surface area contributed by atoms with Crippen LogP contribution in [0.1, 0.15) is 66.1 Å². The number of aryl methyl sites for hydroxylation is 3. The molecule has 2 aliphatic rings. The van der Waals surface area contributed by atoms with E-state index in [1.165, 1.54) is 11.1 Å². The summed E-state index contributed by atoms with van der Waals surface area (Å²) in [4.78, 5) is 28.0. The SMILES string of the molecule is Cc1cc(C(=O)NC2(C)CCN(C(=O)C3(C)CCc4ccccc43)CC2)oc1C. The Hall–Kier alpha value is -2.56. The highest BCUT2D eigenvalue weighted by Gasteiger charge is 2.45. The maximum absolute atomic E-state index is 13.4. The highest BCUT2D eigenvalue weighted by molar-refractivity contribution is 5.92. The molecule has 154 valence electrons. The number of piperidine rings is 1. The molecule has 1 unspecified atom stereocenters. The summed E-state index contributed by atoms with van der Waals surface area (Å²) in [5, 5.41) is 3.14. The van der Waals surface area contributed by atoms with Crippen LogP contribution in [0, 0.1) is 13.8 Å². The van der Waals surface area contributed by atoms with Gasteiger partial charge in [0.25, 0.3) is 5.91 Å². The van der Waals surface area contributed by atoms with Gasteiger partial charge in [-0.2, -0.15) is 0 Å². The summed E-state index contributed by atoms with van der Waals surface area (Å²) in [6, 6.07) is 10.1. The fraction of sp³-hybridized carbons (Fsp3) is 0.500. The molecule has 1 aliphatic carbocycles. The Kier molecular flexibility index (Phi) is 4.80. The first-order valence-electron chi connectivity index (χ1n) is 10.5. The first-order chi connectivity index (χ1) is 13.7. The molecule has 2 heterocycles. The van der Waals surface area contributed by atoms with Crippen LogP contribution in [-0.4, -0.2) is 35.3 Å². The lowest BCUT2D eigenvalue weighted by Gasteiger charge is -2.42. The maximum atomic E-state index is 13.4. The summed E-state index contributed by atoms with van der Waals surface area (Å²) in [5.74, 6) is 1.16. The molecule has 1 aromatic heterocycles. The lowest BCUT2D eigenvalue weighted by molar-refractivity contribution is -0.138. The molecule has 29 heavy (non-hydrogen) atoms. The number of furan rings is 1. The molecule has 1 fully saturated rings. The molecule has 1 N–H and O–H groups in total. The smallest absolute Gasteiger partial charge is 0.287 e. The van der Waals surface area contributed by atoms with Crippen LogP contribution in [-0.2, 0) is 16.6 Å². The number of carbonyl (C=O) groups is 2. The highest BCUT2D eigenvalue weighted by Crippen LogP contribution is 2.40. The number of benzene rings is 1. The van der Waals surface area contributed by atoms with Crippen molar-refractivity contribution in [1.82, 2.24) is 10.2 Å². The van der Waals surface area contributed by atoms with Crippen LogP contribution in [0.2, 0.25) is 0 Å². The van der Waals surface area contributed by atoms with Crippen molar-refractivity contribution in [3.8, 4) is 0 Å². The van der Waals surface area contributed by atoms with E-state index in [4.69, 9.17) is 4.42 Å². The Morgan fingerprint density at radius 2 is 1.76 bits per heavy atom. The van der Waals surface area contributed by atoms with E-state index in [2.05, 4.69) is 31.3 Å². The number of likely N-dealkylation sites (tertiary alicyclic amines) is 1. The van der Waals surface area contributed by atoms with Gasteiger partial charge in [0, 0.05) is 18.6 Å². The first kappa shape index (κ1) is 19.7. The zero-order chi connectivity index (χ0) is 20.8. The van der Waals surface area contributed by atoms with Crippen molar-refractivity contribution >= 4 is 11.8 Å². The minimum atomic E-state index is -0.434. The van der Waals surface area contributed by atoms with E-state index in [-0.39, 0.29) is 17.4 Å². The molecule has 0 bridgehead atoms. The Morgan fingerprint density at radius 1 is 1.07 bits per heavy atom. The number of fused-ring (bicyclic) bond motifs is 1. The number of rotatable bonds is 3.